The highest BCUT2D eigenvalue weighted by atomic mass is 16.6. The van der Waals surface area contributed by atoms with Crippen LogP contribution in [0.5, 0.6) is 5.75 Å². The lowest BCUT2D eigenvalue weighted by atomic mass is 10.0. The normalized spacial score (nSPS) is 12.1. The van der Waals surface area contributed by atoms with Gasteiger partial charge in [-0.1, -0.05) is 18.2 Å². The molecule has 0 aromatic heterocycles. The van der Waals surface area contributed by atoms with Gasteiger partial charge in [0.2, 0.25) is 0 Å². The Balaban J connectivity index is 2.94. The second-order valence-electron chi connectivity index (χ2n) is 3.21. The molecule has 1 unspecified atom stereocenters. The van der Waals surface area contributed by atoms with Crippen molar-refractivity contribution in [2.75, 3.05) is 14.2 Å². The molecule has 0 spiro atoms. The summed E-state index contributed by atoms with van der Waals surface area (Å²) in [7, 11) is 2.99. The molecule has 0 aliphatic carbocycles. The van der Waals surface area contributed by atoms with Crippen LogP contribution < -0.4 is 10.2 Å². The van der Waals surface area contributed by atoms with Crippen molar-refractivity contribution in [1.82, 2.24) is 5.48 Å². The number of benzene rings is 1. The molecular weight excluding hydrogens is 210 g/mol. The van der Waals surface area contributed by atoms with Gasteiger partial charge in [0.05, 0.1) is 26.7 Å². The third-order valence-corrected chi connectivity index (χ3v) is 2.15. The maximum atomic E-state index is 10.7. The Morgan fingerprint density at radius 3 is 2.69 bits per heavy atom. The first kappa shape index (κ1) is 12.5. The highest BCUT2D eigenvalue weighted by molar-refractivity contribution is 5.68. The van der Waals surface area contributed by atoms with Gasteiger partial charge < -0.3 is 14.7 Å². The molecule has 0 amide bonds. The van der Waals surface area contributed by atoms with Gasteiger partial charge in [-0.15, -0.1) is 0 Å². The van der Waals surface area contributed by atoms with Crippen molar-refractivity contribution in [3.8, 4) is 5.75 Å². The summed E-state index contributed by atoms with van der Waals surface area (Å²) in [5.41, 5.74) is 3.40. The first-order valence-corrected chi connectivity index (χ1v) is 4.82. The van der Waals surface area contributed by atoms with Crippen molar-refractivity contribution in [2.24, 2.45) is 0 Å². The van der Waals surface area contributed by atoms with Crippen LogP contribution in [-0.2, 0) is 9.63 Å². The van der Waals surface area contributed by atoms with Gasteiger partial charge >= 0.3 is 5.97 Å². The number of rotatable bonds is 6. The largest absolute Gasteiger partial charge is 0.496 e. The lowest BCUT2D eigenvalue weighted by molar-refractivity contribution is -0.138. The van der Waals surface area contributed by atoms with E-state index in [0.29, 0.717) is 5.75 Å². The van der Waals surface area contributed by atoms with Crippen molar-refractivity contribution in [3.63, 3.8) is 0 Å². The van der Waals surface area contributed by atoms with Gasteiger partial charge in [-0.2, -0.15) is 5.48 Å². The fourth-order valence-corrected chi connectivity index (χ4v) is 1.49. The van der Waals surface area contributed by atoms with Crippen LogP contribution in [-0.4, -0.2) is 25.3 Å². The van der Waals surface area contributed by atoms with Crippen molar-refractivity contribution < 1.29 is 19.5 Å². The third kappa shape index (κ3) is 3.22. The highest BCUT2D eigenvalue weighted by Crippen LogP contribution is 2.26. The summed E-state index contributed by atoms with van der Waals surface area (Å²) in [4.78, 5) is 15.5. The number of aliphatic carboxylic acids is 1. The van der Waals surface area contributed by atoms with Gasteiger partial charge in [-0.05, 0) is 6.07 Å². The molecule has 2 N–H and O–H groups in total. The van der Waals surface area contributed by atoms with Gasteiger partial charge in [-0.3, -0.25) is 4.79 Å². The number of methoxy groups -OCH3 is 1. The van der Waals surface area contributed by atoms with E-state index in [-0.39, 0.29) is 6.42 Å². The summed E-state index contributed by atoms with van der Waals surface area (Å²) < 4.78 is 5.17. The topological polar surface area (TPSA) is 67.8 Å². The zero-order valence-electron chi connectivity index (χ0n) is 9.27. The summed E-state index contributed by atoms with van der Waals surface area (Å²) in [6, 6.07) is 6.80. The number of carboxylic acids is 1. The maximum Gasteiger partial charge on any atom is 0.305 e. The van der Waals surface area contributed by atoms with E-state index in [9.17, 15) is 4.79 Å². The smallest absolute Gasteiger partial charge is 0.305 e. The standard InChI is InChI=1S/C11H15NO4/c1-15-10-6-4-3-5-8(10)9(12-16-2)7-11(13)14/h3-6,9,12H,7H2,1-2H3,(H,13,14). The minimum absolute atomic E-state index is 0.0752. The zero-order valence-corrected chi connectivity index (χ0v) is 9.27. The molecule has 0 bridgehead atoms. The minimum atomic E-state index is -0.902. The van der Waals surface area contributed by atoms with E-state index in [1.165, 1.54) is 7.11 Å². The van der Waals surface area contributed by atoms with Gasteiger partial charge in [0.1, 0.15) is 5.75 Å². The van der Waals surface area contributed by atoms with Crippen LogP contribution in [0.4, 0.5) is 0 Å². The van der Waals surface area contributed by atoms with Crippen molar-refractivity contribution in [3.05, 3.63) is 29.8 Å². The Morgan fingerprint density at radius 1 is 1.44 bits per heavy atom. The second-order valence-corrected chi connectivity index (χ2v) is 3.21. The number of para-hydroxylation sites is 1. The molecule has 5 nitrogen and oxygen atoms in total. The van der Waals surface area contributed by atoms with Gasteiger partial charge in [0.25, 0.3) is 0 Å². The van der Waals surface area contributed by atoms with E-state index in [1.54, 1.807) is 19.2 Å². The van der Waals surface area contributed by atoms with Gasteiger partial charge in [-0.25, -0.2) is 0 Å². The number of ether oxygens (including phenoxy) is 1. The maximum absolute atomic E-state index is 10.7. The quantitative estimate of drug-likeness (QED) is 0.715. The Morgan fingerprint density at radius 2 is 2.12 bits per heavy atom. The number of hydrogen-bond donors (Lipinski definition) is 2. The molecule has 0 fully saturated rings. The molecule has 5 heteroatoms. The SMILES string of the molecule is CONC(CC(=O)O)c1ccccc1OC. The lowest BCUT2D eigenvalue weighted by Crippen LogP contribution is -2.23. The monoisotopic (exact) mass is 225 g/mol. The molecule has 88 valence electrons. The zero-order chi connectivity index (χ0) is 12.0. The number of nitrogens with one attached hydrogen (secondary N) is 1. The number of hydroxylamine groups is 1. The summed E-state index contributed by atoms with van der Waals surface area (Å²) in [5.74, 6) is -0.265. The number of carbonyl (C=O) groups is 1. The predicted octanol–water partition coefficient (Wildman–Crippen LogP) is 1.36. The van der Waals surface area contributed by atoms with Gasteiger partial charge in [0, 0.05) is 5.56 Å². The molecule has 1 rings (SSSR count). The molecule has 16 heavy (non-hydrogen) atoms. The van der Waals surface area contributed by atoms with E-state index in [2.05, 4.69) is 5.48 Å². The molecule has 0 saturated heterocycles. The van der Waals surface area contributed by atoms with Gasteiger partial charge in [0.15, 0.2) is 0 Å². The van der Waals surface area contributed by atoms with Crippen LogP contribution >= 0.6 is 0 Å². The van der Waals surface area contributed by atoms with Crippen LogP contribution in [0.25, 0.3) is 0 Å². The summed E-state index contributed by atoms with van der Waals surface area (Å²) in [5, 5.41) is 8.80. The molecule has 1 aromatic rings. The predicted molar refractivity (Wildman–Crippen MR) is 58.1 cm³/mol. The van der Waals surface area contributed by atoms with Crippen LogP contribution in [0, 0.1) is 0 Å². The molecule has 0 saturated carbocycles. The fraction of sp³-hybridized carbons (Fsp3) is 0.364. The molecule has 0 aliphatic heterocycles. The molecule has 0 aliphatic rings. The van der Waals surface area contributed by atoms with Crippen molar-refractivity contribution in [1.29, 1.82) is 0 Å². The Kier molecular flexibility index (Phi) is 4.75. The Hall–Kier alpha value is -1.59. The minimum Gasteiger partial charge on any atom is -0.496 e. The van der Waals surface area contributed by atoms with Crippen LogP contribution in [0.2, 0.25) is 0 Å². The Labute approximate surface area is 93.9 Å². The van der Waals surface area contributed by atoms with Crippen molar-refractivity contribution >= 4 is 5.97 Å². The van der Waals surface area contributed by atoms with E-state index in [4.69, 9.17) is 14.7 Å². The lowest BCUT2D eigenvalue weighted by Gasteiger charge is -2.18. The average Bonchev–Trinajstić information content (AvgIpc) is 2.28. The number of hydrogen-bond acceptors (Lipinski definition) is 4. The van der Waals surface area contributed by atoms with Crippen molar-refractivity contribution in [2.45, 2.75) is 12.5 Å². The summed E-state index contributed by atoms with van der Waals surface area (Å²) in [6.07, 6.45) is -0.0752. The Bertz CT molecular complexity index is 354. The number of carboxylic acid groups (broad SMARTS) is 1. The summed E-state index contributed by atoms with van der Waals surface area (Å²) in [6.45, 7) is 0. The third-order valence-electron chi connectivity index (χ3n) is 2.15. The van der Waals surface area contributed by atoms with Crippen LogP contribution in [0.1, 0.15) is 18.0 Å². The van der Waals surface area contributed by atoms with E-state index < -0.39 is 12.0 Å². The van der Waals surface area contributed by atoms with Crippen LogP contribution in [0.3, 0.4) is 0 Å². The fourth-order valence-electron chi connectivity index (χ4n) is 1.49. The van der Waals surface area contributed by atoms with E-state index >= 15 is 0 Å². The van der Waals surface area contributed by atoms with E-state index in [1.807, 2.05) is 12.1 Å². The molecular formula is C11H15NO4. The molecule has 1 atom stereocenters. The van der Waals surface area contributed by atoms with E-state index in [0.717, 1.165) is 5.56 Å². The highest BCUT2D eigenvalue weighted by Gasteiger charge is 2.18. The molecule has 0 radical (unpaired) electrons. The summed E-state index contributed by atoms with van der Waals surface area (Å²) >= 11 is 0. The van der Waals surface area contributed by atoms with Crippen LogP contribution in [0.15, 0.2) is 24.3 Å². The average molecular weight is 225 g/mol. The molecule has 1 aromatic carbocycles. The molecule has 0 heterocycles. The first-order chi connectivity index (χ1) is 7.69. The second kappa shape index (κ2) is 6.09. The first-order valence-electron chi connectivity index (χ1n) is 4.82.